The molecule has 0 aliphatic carbocycles. The Morgan fingerprint density at radius 2 is 2.04 bits per heavy atom. The van der Waals surface area contributed by atoms with Gasteiger partial charge in [-0.25, -0.2) is 4.39 Å². The Bertz CT molecular complexity index is 972. The third kappa shape index (κ3) is 3.86. The van der Waals surface area contributed by atoms with Gasteiger partial charge in [-0.05, 0) is 29.8 Å². The van der Waals surface area contributed by atoms with Gasteiger partial charge in [-0.15, -0.1) is 0 Å². The van der Waals surface area contributed by atoms with E-state index in [4.69, 9.17) is 16.3 Å². The Morgan fingerprint density at radius 3 is 2.81 bits per heavy atom. The zero-order chi connectivity index (χ0) is 18.8. The van der Waals surface area contributed by atoms with E-state index in [1.54, 1.807) is 28.9 Å². The Morgan fingerprint density at radius 1 is 1.26 bits per heavy atom. The highest BCUT2D eigenvalue weighted by atomic mass is 35.5. The second-order valence-corrected chi connectivity index (χ2v) is 6.76. The van der Waals surface area contributed by atoms with Gasteiger partial charge in [-0.3, -0.25) is 9.48 Å². The third-order valence-corrected chi connectivity index (χ3v) is 4.76. The van der Waals surface area contributed by atoms with Gasteiger partial charge in [-0.2, -0.15) is 5.10 Å². The first-order valence-electron chi connectivity index (χ1n) is 8.55. The number of aromatic nitrogens is 2. The fourth-order valence-corrected chi connectivity index (χ4v) is 3.15. The van der Waals surface area contributed by atoms with Crippen LogP contribution in [0.25, 0.3) is 0 Å². The Balaban J connectivity index is 1.44. The standard InChI is InChI=1S/C20H17ClFN3O2/c21-15-7-5-13(6-8-15)19-11-25-16(12-27-19)9-18(24-25)20(26)23-10-14-3-1-2-4-17(14)22/h1-9,19H,10-12H2,(H,23,26)/t19-/m1/s1. The van der Waals surface area contributed by atoms with Crippen molar-refractivity contribution in [3.05, 3.63) is 88.0 Å². The minimum atomic E-state index is -0.346. The Labute approximate surface area is 160 Å². The molecular weight excluding hydrogens is 369 g/mol. The SMILES string of the molecule is O=C(NCc1ccccc1F)c1cc2n(n1)C[C@H](c1ccc(Cl)cc1)OC2. The number of nitrogens with zero attached hydrogens (tertiary/aromatic N) is 2. The van der Waals surface area contributed by atoms with E-state index in [0.29, 0.717) is 29.4 Å². The molecule has 138 valence electrons. The maximum atomic E-state index is 13.7. The van der Waals surface area contributed by atoms with Crippen LogP contribution < -0.4 is 5.32 Å². The number of carbonyl (C=O) groups excluding carboxylic acids is 1. The van der Waals surface area contributed by atoms with Crippen LogP contribution in [0.15, 0.2) is 54.6 Å². The molecule has 1 aliphatic rings. The van der Waals surface area contributed by atoms with E-state index in [-0.39, 0.29) is 24.4 Å². The molecular formula is C20H17ClFN3O2. The number of amides is 1. The first-order valence-corrected chi connectivity index (χ1v) is 8.93. The lowest BCUT2D eigenvalue weighted by Gasteiger charge is -2.24. The summed E-state index contributed by atoms with van der Waals surface area (Å²) in [4.78, 5) is 12.4. The summed E-state index contributed by atoms with van der Waals surface area (Å²) in [6.45, 7) is 0.982. The first kappa shape index (κ1) is 17.7. The first-order chi connectivity index (χ1) is 13.1. The van der Waals surface area contributed by atoms with Gasteiger partial charge >= 0.3 is 0 Å². The lowest BCUT2D eigenvalue weighted by Crippen LogP contribution is -2.24. The van der Waals surface area contributed by atoms with E-state index >= 15 is 0 Å². The molecule has 2 heterocycles. The number of ether oxygens (including phenoxy) is 1. The molecule has 0 bridgehead atoms. The predicted octanol–water partition coefficient (Wildman–Crippen LogP) is 3.88. The van der Waals surface area contributed by atoms with Crippen molar-refractivity contribution in [1.82, 2.24) is 15.1 Å². The second-order valence-electron chi connectivity index (χ2n) is 6.33. The van der Waals surface area contributed by atoms with Gasteiger partial charge in [0.15, 0.2) is 5.69 Å². The zero-order valence-electron chi connectivity index (χ0n) is 14.4. The highest BCUT2D eigenvalue weighted by molar-refractivity contribution is 6.30. The summed E-state index contributed by atoms with van der Waals surface area (Å²) in [5.74, 6) is -0.690. The minimum Gasteiger partial charge on any atom is -0.365 e. The maximum Gasteiger partial charge on any atom is 0.272 e. The van der Waals surface area contributed by atoms with Crippen molar-refractivity contribution in [3.8, 4) is 0 Å². The summed E-state index contributed by atoms with van der Waals surface area (Å²) in [5, 5.41) is 7.76. The predicted molar refractivity (Wildman–Crippen MR) is 98.8 cm³/mol. The molecule has 0 saturated heterocycles. The van der Waals surface area contributed by atoms with Crippen LogP contribution in [0.4, 0.5) is 4.39 Å². The molecule has 2 aromatic carbocycles. The number of fused-ring (bicyclic) bond motifs is 1. The number of halogens is 2. The van der Waals surface area contributed by atoms with E-state index in [9.17, 15) is 9.18 Å². The highest BCUT2D eigenvalue weighted by Gasteiger charge is 2.24. The number of nitrogens with one attached hydrogen (secondary N) is 1. The van der Waals surface area contributed by atoms with Crippen molar-refractivity contribution in [2.45, 2.75) is 25.8 Å². The van der Waals surface area contributed by atoms with Crippen molar-refractivity contribution in [2.75, 3.05) is 0 Å². The van der Waals surface area contributed by atoms with E-state index in [1.165, 1.54) is 6.07 Å². The topological polar surface area (TPSA) is 56.2 Å². The molecule has 0 unspecified atom stereocenters. The average Bonchev–Trinajstić information content (AvgIpc) is 3.11. The van der Waals surface area contributed by atoms with Gasteiger partial charge in [0.1, 0.15) is 11.9 Å². The number of benzene rings is 2. The average molecular weight is 386 g/mol. The van der Waals surface area contributed by atoms with Crippen LogP contribution in [-0.2, 0) is 24.4 Å². The van der Waals surface area contributed by atoms with Crippen LogP contribution in [-0.4, -0.2) is 15.7 Å². The summed E-state index contributed by atoms with van der Waals surface area (Å²) < 4.78 is 21.3. The molecule has 1 amide bonds. The molecule has 3 aromatic rings. The van der Waals surface area contributed by atoms with Crippen molar-refractivity contribution in [1.29, 1.82) is 0 Å². The molecule has 1 aliphatic heterocycles. The molecule has 7 heteroatoms. The highest BCUT2D eigenvalue weighted by Crippen LogP contribution is 2.27. The fourth-order valence-electron chi connectivity index (χ4n) is 3.02. The van der Waals surface area contributed by atoms with Crippen LogP contribution in [0.1, 0.15) is 33.4 Å². The lowest BCUT2D eigenvalue weighted by atomic mass is 10.1. The van der Waals surface area contributed by atoms with Crippen LogP contribution in [0, 0.1) is 5.82 Å². The van der Waals surface area contributed by atoms with E-state index in [1.807, 2.05) is 24.3 Å². The van der Waals surface area contributed by atoms with Gasteiger partial charge in [0, 0.05) is 17.1 Å². The monoisotopic (exact) mass is 385 g/mol. The molecule has 0 spiro atoms. The van der Waals surface area contributed by atoms with Gasteiger partial charge in [0.05, 0.1) is 18.8 Å². The normalized spacial score (nSPS) is 16.0. The van der Waals surface area contributed by atoms with E-state index in [0.717, 1.165) is 11.3 Å². The van der Waals surface area contributed by atoms with E-state index < -0.39 is 0 Å². The van der Waals surface area contributed by atoms with Gasteiger partial charge in [0.25, 0.3) is 5.91 Å². The number of carbonyl (C=O) groups is 1. The van der Waals surface area contributed by atoms with Crippen LogP contribution in [0.5, 0.6) is 0 Å². The quantitative estimate of drug-likeness (QED) is 0.741. The van der Waals surface area contributed by atoms with Gasteiger partial charge < -0.3 is 10.1 Å². The summed E-state index contributed by atoms with van der Waals surface area (Å²) in [7, 11) is 0. The molecule has 0 radical (unpaired) electrons. The van der Waals surface area contributed by atoms with Crippen molar-refractivity contribution < 1.29 is 13.9 Å². The Kier molecular flexibility index (Phi) is 4.92. The van der Waals surface area contributed by atoms with Crippen LogP contribution in [0.2, 0.25) is 5.02 Å². The maximum absolute atomic E-state index is 13.7. The molecule has 1 atom stereocenters. The summed E-state index contributed by atoms with van der Waals surface area (Å²) in [6.07, 6.45) is -0.149. The molecule has 1 aromatic heterocycles. The second kappa shape index (κ2) is 7.50. The molecule has 5 nitrogen and oxygen atoms in total. The van der Waals surface area contributed by atoms with Crippen molar-refractivity contribution >= 4 is 17.5 Å². The van der Waals surface area contributed by atoms with Crippen LogP contribution in [0.3, 0.4) is 0 Å². The summed E-state index contributed by atoms with van der Waals surface area (Å²) >= 11 is 5.93. The minimum absolute atomic E-state index is 0.109. The van der Waals surface area contributed by atoms with Crippen molar-refractivity contribution in [2.24, 2.45) is 0 Å². The third-order valence-electron chi connectivity index (χ3n) is 4.51. The fraction of sp³-hybridized carbons (Fsp3) is 0.200. The number of rotatable bonds is 4. The molecule has 0 fully saturated rings. The largest absolute Gasteiger partial charge is 0.365 e. The van der Waals surface area contributed by atoms with Crippen molar-refractivity contribution in [3.63, 3.8) is 0 Å². The zero-order valence-corrected chi connectivity index (χ0v) is 15.1. The molecule has 0 saturated carbocycles. The lowest BCUT2D eigenvalue weighted by molar-refractivity contribution is -0.00119. The molecule has 4 rings (SSSR count). The number of hydrogen-bond donors (Lipinski definition) is 1. The number of hydrogen-bond acceptors (Lipinski definition) is 3. The van der Waals surface area contributed by atoms with Gasteiger partial charge in [0.2, 0.25) is 0 Å². The molecule has 1 N–H and O–H groups in total. The smallest absolute Gasteiger partial charge is 0.272 e. The molecule has 27 heavy (non-hydrogen) atoms. The van der Waals surface area contributed by atoms with Gasteiger partial charge in [-0.1, -0.05) is 41.9 Å². The van der Waals surface area contributed by atoms with E-state index in [2.05, 4.69) is 10.4 Å². The summed E-state index contributed by atoms with van der Waals surface area (Å²) in [6, 6.07) is 15.5. The Hall–Kier alpha value is -2.70. The van der Waals surface area contributed by atoms with Crippen LogP contribution >= 0.6 is 11.6 Å². The summed E-state index contributed by atoms with van der Waals surface area (Å²) in [5.41, 5.74) is 2.56.